The van der Waals surface area contributed by atoms with E-state index in [-0.39, 0.29) is 10.8 Å². The Kier molecular flexibility index (Phi) is 4.57. The number of nitrogens with zero attached hydrogens (tertiary/aromatic N) is 1. The molecule has 1 N–H and O–H groups in total. The molecule has 0 aliphatic rings. The van der Waals surface area contributed by atoms with Crippen molar-refractivity contribution in [3.05, 3.63) is 29.3 Å². The maximum atomic E-state index is 12.5. The van der Waals surface area contributed by atoms with Crippen molar-refractivity contribution in [2.75, 3.05) is 13.6 Å². The SMILES string of the molecule is CC(CN(C)S(=O)(=O)c1cc2cc(Cl)ccc2s1)C(=O)O. The summed E-state index contributed by atoms with van der Waals surface area (Å²) < 4.78 is 27.0. The lowest BCUT2D eigenvalue weighted by molar-refractivity contribution is -0.141. The lowest BCUT2D eigenvalue weighted by Gasteiger charge is -2.18. The van der Waals surface area contributed by atoms with Crippen molar-refractivity contribution < 1.29 is 18.3 Å². The molecule has 0 saturated heterocycles. The first-order chi connectivity index (χ1) is 9.71. The summed E-state index contributed by atoms with van der Waals surface area (Å²) in [6.45, 7) is 1.39. The van der Waals surface area contributed by atoms with Gasteiger partial charge < -0.3 is 5.11 Å². The Morgan fingerprint density at radius 1 is 1.43 bits per heavy atom. The van der Waals surface area contributed by atoms with E-state index in [0.717, 1.165) is 25.7 Å². The molecule has 1 aromatic heterocycles. The molecule has 1 unspecified atom stereocenters. The maximum Gasteiger partial charge on any atom is 0.307 e. The predicted octanol–water partition coefficient (Wildman–Crippen LogP) is 2.90. The van der Waals surface area contributed by atoms with E-state index in [4.69, 9.17) is 16.7 Å². The van der Waals surface area contributed by atoms with E-state index in [9.17, 15) is 13.2 Å². The van der Waals surface area contributed by atoms with Crippen LogP contribution in [-0.4, -0.2) is 37.4 Å². The van der Waals surface area contributed by atoms with Gasteiger partial charge in [0.2, 0.25) is 0 Å². The van der Waals surface area contributed by atoms with E-state index in [1.165, 1.54) is 14.0 Å². The van der Waals surface area contributed by atoms with Crippen molar-refractivity contribution in [3.8, 4) is 0 Å². The van der Waals surface area contributed by atoms with Crippen molar-refractivity contribution in [2.24, 2.45) is 5.92 Å². The molecule has 114 valence electrons. The summed E-state index contributed by atoms with van der Waals surface area (Å²) in [5.74, 6) is -1.80. The molecule has 1 atom stereocenters. The number of thiophene rings is 1. The summed E-state index contributed by atoms with van der Waals surface area (Å²) in [5.41, 5.74) is 0. The van der Waals surface area contributed by atoms with Gasteiger partial charge in [-0.15, -0.1) is 11.3 Å². The highest BCUT2D eigenvalue weighted by molar-refractivity contribution is 7.91. The normalized spacial score (nSPS) is 13.7. The third-order valence-corrected chi connectivity index (χ3v) is 6.70. The van der Waals surface area contributed by atoms with Crippen molar-refractivity contribution in [1.82, 2.24) is 4.31 Å². The molecule has 1 heterocycles. The second-order valence-corrected chi connectivity index (χ2v) is 8.56. The summed E-state index contributed by atoms with van der Waals surface area (Å²) in [4.78, 5) is 10.8. The van der Waals surface area contributed by atoms with E-state index in [1.807, 2.05) is 0 Å². The zero-order valence-electron chi connectivity index (χ0n) is 11.4. The summed E-state index contributed by atoms with van der Waals surface area (Å²) in [6.07, 6.45) is 0. The summed E-state index contributed by atoms with van der Waals surface area (Å²) in [5, 5.41) is 10.2. The molecule has 0 saturated carbocycles. The van der Waals surface area contributed by atoms with Crippen LogP contribution in [0.1, 0.15) is 6.92 Å². The number of carbonyl (C=O) groups is 1. The number of fused-ring (bicyclic) bond motifs is 1. The first kappa shape index (κ1) is 16.2. The van der Waals surface area contributed by atoms with E-state index in [2.05, 4.69) is 0 Å². The quantitative estimate of drug-likeness (QED) is 0.902. The van der Waals surface area contributed by atoms with Gasteiger partial charge in [-0.2, -0.15) is 4.31 Å². The number of hydrogen-bond acceptors (Lipinski definition) is 4. The van der Waals surface area contributed by atoms with E-state index in [0.29, 0.717) is 5.02 Å². The zero-order chi connectivity index (χ0) is 15.8. The van der Waals surface area contributed by atoms with Gasteiger partial charge in [-0.1, -0.05) is 18.5 Å². The summed E-state index contributed by atoms with van der Waals surface area (Å²) in [7, 11) is -2.32. The molecule has 8 heteroatoms. The predicted molar refractivity (Wildman–Crippen MR) is 83.5 cm³/mol. The van der Waals surface area contributed by atoms with Crippen LogP contribution in [0.15, 0.2) is 28.5 Å². The fraction of sp³-hybridized carbons (Fsp3) is 0.308. The van der Waals surface area contributed by atoms with Crippen molar-refractivity contribution >= 4 is 49.0 Å². The van der Waals surface area contributed by atoms with Crippen LogP contribution in [0.25, 0.3) is 10.1 Å². The first-order valence-electron chi connectivity index (χ1n) is 6.10. The van der Waals surface area contributed by atoms with Crippen LogP contribution in [0.5, 0.6) is 0 Å². The number of halogens is 1. The topological polar surface area (TPSA) is 74.7 Å². The lowest BCUT2D eigenvalue weighted by atomic mass is 10.2. The highest BCUT2D eigenvalue weighted by Gasteiger charge is 2.26. The molecule has 0 spiro atoms. The number of aliphatic carboxylic acids is 1. The molecule has 2 aromatic rings. The Balaban J connectivity index is 2.34. The van der Waals surface area contributed by atoms with Crippen LogP contribution >= 0.6 is 22.9 Å². The fourth-order valence-electron chi connectivity index (χ4n) is 1.83. The van der Waals surface area contributed by atoms with Gasteiger partial charge in [0.05, 0.1) is 5.92 Å². The van der Waals surface area contributed by atoms with Gasteiger partial charge in [-0.25, -0.2) is 8.42 Å². The number of rotatable bonds is 5. The van der Waals surface area contributed by atoms with Crippen LogP contribution in [0.4, 0.5) is 0 Å². The van der Waals surface area contributed by atoms with E-state index >= 15 is 0 Å². The van der Waals surface area contributed by atoms with Gasteiger partial charge in [0.1, 0.15) is 4.21 Å². The molecular weight excluding hydrogens is 334 g/mol. The Labute approximate surface area is 131 Å². The number of carboxylic acid groups (broad SMARTS) is 1. The summed E-state index contributed by atoms with van der Waals surface area (Å²) in [6, 6.07) is 6.73. The molecule has 0 radical (unpaired) electrons. The van der Waals surface area contributed by atoms with Gasteiger partial charge in [-0.3, -0.25) is 4.79 Å². The molecular formula is C13H14ClNO4S2. The van der Waals surface area contributed by atoms with E-state index in [1.54, 1.807) is 24.3 Å². The fourth-order valence-corrected chi connectivity index (χ4v) is 4.86. The second-order valence-electron chi connectivity index (χ2n) is 4.77. The smallest absolute Gasteiger partial charge is 0.307 e. The Bertz CT molecular complexity index is 785. The summed E-state index contributed by atoms with van der Waals surface area (Å²) >= 11 is 7.03. The number of benzene rings is 1. The first-order valence-corrected chi connectivity index (χ1v) is 8.73. The molecule has 0 aliphatic heterocycles. The van der Waals surface area contributed by atoms with Crippen molar-refractivity contribution in [3.63, 3.8) is 0 Å². The Hall–Kier alpha value is -1.15. The third-order valence-electron chi connectivity index (χ3n) is 3.07. The molecule has 1 aromatic carbocycles. The van der Waals surface area contributed by atoms with Crippen LogP contribution in [0.2, 0.25) is 5.02 Å². The minimum absolute atomic E-state index is 0.0767. The Morgan fingerprint density at radius 3 is 2.71 bits per heavy atom. The van der Waals surface area contributed by atoms with Crippen molar-refractivity contribution in [2.45, 2.75) is 11.1 Å². The molecule has 0 bridgehead atoms. The van der Waals surface area contributed by atoms with Gasteiger partial charge >= 0.3 is 5.97 Å². The highest BCUT2D eigenvalue weighted by atomic mass is 35.5. The van der Waals surface area contributed by atoms with E-state index < -0.39 is 21.9 Å². The largest absolute Gasteiger partial charge is 0.481 e. The molecule has 5 nitrogen and oxygen atoms in total. The third kappa shape index (κ3) is 3.37. The average Bonchev–Trinajstić information content (AvgIpc) is 2.81. The Morgan fingerprint density at radius 2 is 2.10 bits per heavy atom. The number of carboxylic acids is 1. The van der Waals surface area contributed by atoms with Gasteiger partial charge in [0.15, 0.2) is 0 Å². The van der Waals surface area contributed by atoms with Crippen LogP contribution < -0.4 is 0 Å². The lowest BCUT2D eigenvalue weighted by Crippen LogP contribution is -2.33. The maximum absolute atomic E-state index is 12.5. The highest BCUT2D eigenvalue weighted by Crippen LogP contribution is 2.32. The van der Waals surface area contributed by atoms with Crippen LogP contribution in [0, 0.1) is 5.92 Å². The van der Waals surface area contributed by atoms with Crippen LogP contribution in [-0.2, 0) is 14.8 Å². The monoisotopic (exact) mass is 347 g/mol. The molecule has 0 amide bonds. The zero-order valence-corrected chi connectivity index (χ0v) is 13.8. The minimum atomic E-state index is -3.70. The van der Waals surface area contributed by atoms with Gasteiger partial charge in [-0.05, 0) is 29.7 Å². The van der Waals surface area contributed by atoms with Crippen molar-refractivity contribution in [1.29, 1.82) is 0 Å². The average molecular weight is 348 g/mol. The van der Waals surface area contributed by atoms with Gasteiger partial charge in [0.25, 0.3) is 10.0 Å². The minimum Gasteiger partial charge on any atom is -0.481 e. The van der Waals surface area contributed by atoms with Gasteiger partial charge in [0, 0.05) is 23.3 Å². The molecule has 0 fully saturated rings. The molecule has 0 aliphatic carbocycles. The number of hydrogen-bond donors (Lipinski definition) is 1. The second kappa shape index (κ2) is 5.92. The number of sulfonamides is 1. The standard InChI is InChI=1S/C13H14ClNO4S2/c1-8(13(16)17)7-15(2)21(18,19)12-6-9-5-10(14)3-4-11(9)20-12/h3-6,8H,7H2,1-2H3,(H,16,17). The van der Waals surface area contributed by atoms with Crippen LogP contribution in [0.3, 0.4) is 0 Å². The molecule has 21 heavy (non-hydrogen) atoms. The molecule has 2 rings (SSSR count).